The van der Waals surface area contributed by atoms with Crippen molar-refractivity contribution in [1.29, 1.82) is 0 Å². The number of carbonyl (C=O) groups is 1. The van der Waals surface area contributed by atoms with Gasteiger partial charge in [-0.05, 0) is 0 Å². The van der Waals surface area contributed by atoms with Crippen molar-refractivity contribution >= 4 is 47.4 Å². The molecule has 0 radical (unpaired) electrons. The molecule has 0 saturated carbocycles. The minimum atomic E-state index is -0.212. The Bertz CT molecular complexity index is 1010. The molecule has 0 fully saturated rings. The Morgan fingerprint density at radius 1 is 1.04 bits per heavy atom. The van der Waals surface area contributed by atoms with Crippen molar-refractivity contribution in [2.45, 2.75) is 12.8 Å². The van der Waals surface area contributed by atoms with Gasteiger partial charge in [0, 0.05) is 0 Å². The maximum Gasteiger partial charge on any atom is -0.147 e. The van der Waals surface area contributed by atoms with E-state index >= 15 is 0 Å². The first-order valence-electron chi connectivity index (χ1n) is 9.33. The van der Waals surface area contributed by atoms with Crippen LogP contribution in [-0.4, -0.2) is 49.2 Å². The number of likely N-dealkylation sites (N-methyl/N-ethyl adjacent to an activating group) is 1. The van der Waals surface area contributed by atoms with Crippen molar-refractivity contribution in [3.05, 3.63) is 77.5 Å². The normalized spacial score (nSPS) is 14.6. The SMILES string of the molecule is CN1CCC=C(Cc2c(C(=O)[Se]c3ccccc3)n(C)c3ccccc23)C1.Cl. The molecule has 2 heterocycles. The van der Waals surface area contributed by atoms with Gasteiger partial charge in [-0.2, -0.15) is 0 Å². The Morgan fingerprint density at radius 3 is 2.50 bits per heavy atom. The molecule has 1 aliphatic rings. The molecule has 5 heteroatoms. The number of rotatable bonds is 5. The van der Waals surface area contributed by atoms with Gasteiger partial charge in [0.15, 0.2) is 0 Å². The maximum absolute atomic E-state index is 13.3. The second-order valence-corrected chi connectivity index (χ2v) is 9.37. The van der Waals surface area contributed by atoms with Crippen LogP contribution in [0.4, 0.5) is 0 Å². The van der Waals surface area contributed by atoms with Crippen LogP contribution >= 0.6 is 12.4 Å². The third-order valence-electron chi connectivity index (χ3n) is 5.18. The van der Waals surface area contributed by atoms with Crippen molar-refractivity contribution in [2.24, 2.45) is 7.05 Å². The number of para-hydroxylation sites is 1. The number of fused-ring (bicyclic) bond motifs is 1. The first kappa shape index (κ1) is 20.9. The van der Waals surface area contributed by atoms with Crippen molar-refractivity contribution in [1.82, 2.24) is 9.47 Å². The van der Waals surface area contributed by atoms with E-state index in [2.05, 4.69) is 59.0 Å². The van der Waals surface area contributed by atoms with Crippen LogP contribution < -0.4 is 4.46 Å². The van der Waals surface area contributed by atoms with Gasteiger partial charge in [-0.25, -0.2) is 0 Å². The van der Waals surface area contributed by atoms with E-state index in [-0.39, 0.29) is 32.0 Å². The first-order valence-corrected chi connectivity index (χ1v) is 11.0. The van der Waals surface area contributed by atoms with Crippen LogP contribution in [0.2, 0.25) is 0 Å². The summed E-state index contributed by atoms with van der Waals surface area (Å²) in [7, 11) is 4.20. The fraction of sp³-hybridized carbons (Fsp3) is 0.261. The molecule has 4 rings (SSSR count). The van der Waals surface area contributed by atoms with Crippen LogP contribution in [0.1, 0.15) is 22.5 Å². The van der Waals surface area contributed by atoms with E-state index in [1.54, 1.807) is 0 Å². The minimum Gasteiger partial charge on any atom is -0.147 e. The number of carbonyl (C=O) groups excluding carboxylic acids is 1. The number of nitrogens with zero attached hydrogens (tertiary/aromatic N) is 2. The fourth-order valence-corrected chi connectivity index (χ4v) is 5.70. The Hall–Kier alpha value is -1.84. The van der Waals surface area contributed by atoms with Crippen molar-refractivity contribution < 1.29 is 4.79 Å². The topological polar surface area (TPSA) is 25.2 Å². The van der Waals surface area contributed by atoms with Crippen LogP contribution in [0, 0.1) is 0 Å². The molecular weight excluding hydrogens is 435 g/mol. The fourth-order valence-electron chi connectivity index (χ4n) is 3.89. The molecule has 0 bridgehead atoms. The van der Waals surface area contributed by atoms with Crippen LogP contribution in [0.25, 0.3) is 10.9 Å². The Labute approximate surface area is 179 Å². The summed E-state index contributed by atoms with van der Waals surface area (Å²) in [5.41, 5.74) is 4.64. The number of hydrogen-bond acceptors (Lipinski definition) is 2. The van der Waals surface area contributed by atoms with E-state index in [0.29, 0.717) is 0 Å². The van der Waals surface area contributed by atoms with Gasteiger partial charge < -0.3 is 0 Å². The van der Waals surface area contributed by atoms with E-state index in [1.165, 1.54) is 16.5 Å². The van der Waals surface area contributed by atoms with E-state index in [9.17, 15) is 4.79 Å². The molecule has 0 amide bonds. The maximum atomic E-state index is 13.3. The summed E-state index contributed by atoms with van der Waals surface area (Å²) in [4.78, 5) is 15.7. The van der Waals surface area contributed by atoms with Crippen LogP contribution in [0.15, 0.2) is 66.2 Å². The van der Waals surface area contributed by atoms with Crippen molar-refractivity contribution in [3.63, 3.8) is 0 Å². The van der Waals surface area contributed by atoms with Gasteiger partial charge in [0.25, 0.3) is 0 Å². The van der Waals surface area contributed by atoms with Crippen molar-refractivity contribution in [2.75, 3.05) is 20.1 Å². The number of halogens is 1. The smallest absolute Gasteiger partial charge is 0.147 e. The summed E-state index contributed by atoms with van der Waals surface area (Å²) < 4.78 is 3.49. The van der Waals surface area contributed by atoms with Crippen LogP contribution in [0.5, 0.6) is 0 Å². The zero-order valence-corrected chi connectivity index (χ0v) is 18.8. The van der Waals surface area contributed by atoms with Gasteiger partial charge >= 0.3 is 167 Å². The Kier molecular flexibility index (Phi) is 6.79. The van der Waals surface area contributed by atoms with Gasteiger partial charge in [-0.15, -0.1) is 12.4 Å². The molecule has 0 atom stereocenters. The predicted octanol–water partition coefficient (Wildman–Crippen LogP) is 3.57. The Morgan fingerprint density at radius 2 is 1.75 bits per heavy atom. The molecule has 0 aliphatic carbocycles. The minimum absolute atomic E-state index is 0. The summed E-state index contributed by atoms with van der Waals surface area (Å²) in [6, 6.07) is 18.5. The molecule has 28 heavy (non-hydrogen) atoms. The molecule has 3 aromatic rings. The van der Waals surface area contributed by atoms with E-state index < -0.39 is 0 Å². The second-order valence-electron chi connectivity index (χ2n) is 7.17. The molecule has 0 spiro atoms. The van der Waals surface area contributed by atoms with Gasteiger partial charge in [0.05, 0.1) is 0 Å². The monoisotopic (exact) mass is 460 g/mol. The van der Waals surface area contributed by atoms with Crippen molar-refractivity contribution in [3.8, 4) is 0 Å². The standard InChI is InChI=1S/C23H24N2OSe.ClH/c1-24-14-8-9-17(16-24)15-20-19-12-6-7-13-21(19)25(2)22(20)23(26)27-18-10-4-3-5-11-18;/h3-7,9-13H,8,14-16H2,1-2H3;1H. The number of aromatic nitrogens is 1. The zero-order chi connectivity index (χ0) is 18.8. The summed E-state index contributed by atoms with van der Waals surface area (Å²) in [6.45, 7) is 2.10. The van der Waals surface area contributed by atoms with Gasteiger partial charge in [-0.1, -0.05) is 0 Å². The number of aryl methyl sites for hydroxylation is 1. The summed E-state index contributed by atoms with van der Waals surface area (Å²) >= 11 is -0.212. The predicted molar refractivity (Wildman–Crippen MR) is 120 cm³/mol. The molecular formula is C23H25ClN2OSe. The zero-order valence-electron chi connectivity index (χ0n) is 16.2. The quantitative estimate of drug-likeness (QED) is 0.430. The van der Waals surface area contributed by atoms with Crippen LogP contribution in [0.3, 0.4) is 0 Å². The number of benzene rings is 2. The third kappa shape index (κ3) is 4.26. The van der Waals surface area contributed by atoms with E-state index in [4.69, 9.17) is 0 Å². The molecule has 1 aliphatic heterocycles. The second kappa shape index (κ2) is 9.11. The first-order chi connectivity index (χ1) is 13.1. The average molecular weight is 460 g/mol. The van der Waals surface area contributed by atoms with E-state index in [1.807, 2.05) is 25.2 Å². The molecule has 0 N–H and O–H groups in total. The average Bonchev–Trinajstić information content (AvgIpc) is 2.95. The summed E-state index contributed by atoms with van der Waals surface area (Å²) in [6.07, 6.45) is 4.31. The largest absolute Gasteiger partial charge is 0.147 e. The van der Waals surface area contributed by atoms with Gasteiger partial charge in [0.2, 0.25) is 0 Å². The molecule has 3 nitrogen and oxygen atoms in total. The van der Waals surface area contributed by atoms with Gasteiger partial charge in [0.1, 0.15) is 0 Å². The molecule has 0 unspecified atom stereocenters. The van der Waals surface area contributed by atoms with Crippen LogP contribution in [-0.2, 0) is 13.5 Å². The molecule has 2 aromatic carbocycles. The molecule has 146 valence electrons. The molecule has 0 saturated heterocycles. The molecule has 1 aromatic heterocycles. The summed E-state index contributed by atoms with van der Waals surface area (Å²) in [5.74, 6) is 0. The van der Waals surface area contributed by atoms with E-state index in [0.717, 1.165) is 41.6 Å². The number of hydrogen-bond donors (Lipinski definition) is 0. The Balaban J connectivity index is 0.00000225. The summed E-state index contributed by atoms with van der Waals surface area (Å²) in [5, 5.41) is 1.21. The third-order valence-corrected chi connectivity index (χ3v) is 7.04. The van der Waals surface area contributed by atoms with Gasteiger partial charge in [-0.3, -0.25) is 0 Å².